The van der Waals surface area contributed by atoms with Gasteiger partial charge in [-0.15, -0.1) is 0 Å². The van der Waals surface area contributed by atoms with Gasteiger partial charge in [0.1, 0.15) is 5.82 Å². The van der Waals surface area contributed by atoms with Crippen molar-refractivity contribution in [2.45, 2.75) is 26.4 Å². The summed E-state index contributed by atoms with van der Waals surface area (Å²) in [5, 5.41) is 0. The van der Waals surface area contributed by atoms with Crippen molar-refractivity contribution in [1.82, 2.24) is 14.8 Å². The lowest BCUT2D eigenvalue weighted by Crippen LogP contribution is -2.39. The molecule has 2 rings (SSSR count). The highest BCUT2D eigenvalue weighted by molar-refractivity contribution is 5.78. The minimum absolute atomic E-state index is 0.0108. The number of carbonyl (C=O) groups excluding carboxylic acids is 1. The van der Waals surface area contributed by atoms with E-state index in [0.717, 1.165) is 12.0 Å². The highest BCUT2D eigenvalue weighted by Gasteiger charge is 2.17. The standard InChI is InChI=1S/C19H24FN3O/c1-3-12-23(14-17-6-4-5-7-18(17)20)19(24)15-22(2)13-16-8-10-21-11-9-16/h4-11H,3,12-15H2,1-2H3. The van der Waals surface area contributed by atoms with Crippen LogP contribution in [0.1, 0.15) is 24.5 Å². The molecule has 0 fully saturated rings. The number of hydrogen-bond donors (Lipinski definition) is 0. The number of hydrogen-bond acceptors (Lipinski definition) is 3. The Bertz CT molecular complexity index is 648. The Morgan fingerprint density at radius 1 is 1.12 bits per heavy atom. The van der Waals surface area contributed by atoms with Crippen LogP contribution in [-0.2, 0) is 17.9 Å². The Morgan fingerprint density at radius 3 is 2.50 bits per heavy atom. The van der Waals surface area contributed by atoms with Crippen LogP contribution in [0, 0.1) is 5.82 Å². The number of aromatic nitrogens is 1. The molecule has 1 aromatic heterocycles. The number of halogens is 1. The maximum Gasteiger partial charge on any atom is 0.237 e. The van der Waals surface area contributed by atoms with Crippen molar-refractivity contribution >= 4 is 5.91 Å². The molecule has 0 aliphatic rings. The third kappa shape index (κ3) is 5.42. The van der Waals surface area contributed by atoms with Crippen molar-refractivity contribution in [2.24, 2.45) is 0 Å². The lowest BCUT2D eigenvalue weighted by atomic mass is 10.2. The van der Waals surface area contributed by atoms with Gasteiger partial charge in [-0.1, -0.05) is 25.1 Å². The van der Waals surface area contributed by atoms with Gasteiger partial charge in [-0.2, -0.15) is 0 Å². The van der Waals surface area contributed by atoms with E-state index >= 15 is 0 Å². The van der Waals surface area contributed by atoms with Crippen molar-refractivity contribution in [3.8, 4) is 0 Å². The number of carbonyl (C=O) groups is 1. The molecule has 0 spiro atoms. The Hall–Kier alpha value is -2.27. The van der Waals surface area contributed by atoms with Crippen molar-refractivity contribution in [1.29, 1.82) is 0 Å². The summed E-state index contributed by atoms with van der Waals surface area (Å²) in [7, 11) is 1.91. The number of benzene rings is 1. The zero-order chi connectivity index (χ0) is 17.4. The van der Waals surface area contributed by atoms with Gasteiger partial charge in [0.25, 0.3) is 0 Å². The van der Waals surface area contributed by atoms with E-state index in [9.17, 15) is 9.18 Å². The van der Waals surface area contributed by atoms with Gasteiger partial charge in [-0.3, -0.25) is 14.7 Å². The highest BCUT2D eigenvalue weighted by atomic mass is 19.1. The first-order chi connectivity index (χ1) is 11.6. The topological polar surface area (TPSA) is 36.4 Å². The van der Waals surface area contributed by atoms with E-state index in [0.29, 0.717) is 31.7 Å². The molecule has 0 N–H and O–H groups in total. The average molecular weight is 329 g/mol. The molecule has 5 heteroatoms. The average Bonchev–Trinajstić information content (AvgIpc) is 2.57. The first kappa shape index (κ1) is 18.1. The summed E-state index contributed by atoms with van der Waals surface area (Å²) in [5.41, 5.74) is 1.66. The molecule has 0 saturated carbocycles. The summed E-state index contributed by atoms with van der Waals surface area (Å²) >= 11 is 0. The molecule has 24 heavy (non-hydrogen) atoms. The Kier molecular flexibility index (Phi) is 6.88. The van der Waals surface area contributed by atoms with Crippen LogP contribution in [0.5, 0.6) is 0 Å². The summed E-state index contributed by atoms with van der Waals surface area (Å²) < 4.78 is 13.8. The van der Waals surface area contributed by atoms with Gasteiger partial charge in [-0.25, -0.2) is 4.39 Å². The van der Waals surface area contributed by atoms with Gasteiger partial charge in [0.2, 0.25) is 5.91 Å². The molecule has 1 amide bonds. The highest BCUT2D eigenvalue weighted by Crippen LogP contribution is 2.11. The van der Waals surface area contributed by atoms with Gasteiger partial charge >= 0.3 is 0 Å². The summed E-state index contributed by atoms with van der Waals surface area (Å²) in [4.78, 5) is 20.3. The van der Waals surface area contributed by atoms with E-state index in [1.54, 1.807) is 35.5 Å². The molecule has 0 bridgehead atoms. The second-order valence-corrected chi connectivity index (χ2v) is 5.93. The summed E-state index contributed by atoms with van der Waals surface area (Å²) in [6.45, 7) is 3.92. The predicted molar refractivity (Wildman–Crippen MR) is 92.7 cm³/mol. The zero-order valence-electron chi connectivity index (χ0n) is 14.3. The number of rotatable bonds is 8. The second kappa shape index (κ2) is 9.13. The third-order valence-electron chi connectivity index (χ3n) is 3.77. The summed E-state index contributed by atoms with van der Waals surface area (Å²) in [5.74, 6) is -0.256. The zero-order valence-corrected chi connectivity index (χ0v) is 14.3. The molecular weight excluding hydrogens is 305 g/mol. The Labute approximate surface area is 142 Å². The number of nitrogens with zero attached hydrogens (tertiary/aromatic N) is 3. The van der Waals surface area contributed by atoms with E-state index < -0.39 is 0 Å². The first-order valence-electron chi connectivity index (χ1n) is 8.18. The lowest BCUT2D eigenvalue weighted by Gasteiger charge is -2.25. The smallest absolute Gasteiger partial charge is 0.237 e. The minimum Gasteiger partial charge on any atom is -0.337 e. The van der Waals surface area contributed by atoms with Crippen LogP contribution in [0.15, 0.2) is 48.8 Å². The van der Waals surface area contributed by atoms with Crippen molar-refractivity contribution < 1.29 is 9.18 Å². The van der Waals surface area contributed by atoms with Crippen LogP contribution in [0.4, 0.5) is 4.39 Å². The molecule has 0 unspecified atom stereocenters. The molecule has 2 aromatic rings. The van der Waals surface area contributed by atoms with E-state index in [1.165, 1.54) is 6.07 Å². The van der Waals surface area contributed by atoms with Crippen molar-refractivity contribution in [3.05, 3.63) is 65.7 Å². The molecule has 0 atom stereocenters. The van der Waals surface area contributed by atoms with Crippen LogP contribution in [0.25, 0.3) is 0 Å². The molecule has 1 heterocycles. The van der Waals surface area contributed by atoms with Crippen LogP contribution in [0.3, 0.4) is 0 Å². The SMILES string of the molecule is CCCN(Cc1ccccc1F)C(=O)CN(C)Cc1ccncc1. The van der Waals surface area contributed by atoms with E-state index in [4.69, 9.17) is 0 Å². The van der Waals surface area contributed by atoms with Crippen LogP contribution >= 0.6 is 0 Å². The van der Waals surface area contributed by atoms with Gasteiger partial charge in [0.15, 0.2) is 0 Å². The van der Waals surface area contributed by atoms with Gasteiger partial charge in [0.05, 0.1) is 6.54 Å². The largest absolute Gasteiger partial charge is 0.337 e. The summed E-state index contributed by atoms with van der Waals surface area (Å²) in [6.07, 6.45) is 4.33. The summed E-state index contributed by atoms with van der Waals surface area (Å²) in [6, 6.07) is 10.5. The molecular formula is C19H24FN3O. The molecule has 4 nitrogen and oxygen atoms in total. The van der Waals surface area contributed by atoms with E-state index in [1.807, 2.05) is 31.0 Å². The molecule has 0 aliphatic carbocycles. The Balaban J connectivity index is 1.97. The minimum atomic E-state index is -0.267. The van der Waals surface area contributed by atoms with Crippen LogP contribution in [-0.4, -0.2) is 40.8 Å². The number of amides is 1. The van der Waals surface area contributed by atoms with Crippen LogP contribution < -0.4 is 0 Å². The second-order valence-electron chi connectivity index (χ2n) is 5.93. The monoisotopic (exact) mass is 329 g/mol. The van der Waals surface area contributed by atoms with Gasteiger partial charge in [0, 0.05) is 37.6 Å². The maximum absolute atomic E-state index is 13.8. The molecule has 0 aliphatic heterocycles. The molecule has 128 valence electrons. The Morgan fingerprint density at radius 2 is 1.83 bits per heavy atom. The fourth-order valence-electron chi connectivity index (χ4n) is 2.58. The molecule has 1 aromatic carbocycles. The maximum atomic E-state index is 13.8. The van der Waals surface area contributed by atoms with Crippen molar-refractivity contribution in [2.75, 3.05) is 20.1 Å². The predicted octanol–water partition coefficient (Wildman–Crippen LogP) is 3.09. The fraction of sp³-hybridized carbons (Fsp3) is 0.368. The first-order valence-corrected chi connectivity index (χ1v) is 8.18. The van der Waals surface area contributed by atoms with E-state index in [2.05, 4.69) is 4.98 Å². The number of pyridine rings is 1. The van der Waals surface area contributed by atoms with Gasteiger partial charge < -0.3 is 4.90 Å². The normalized spacial score (nSPS) is 10.8. The molecule has 0 radical (unpaired) electrons. The number of likely N-dealkylation sites (N-methyl/N-ethyl adjacent to an activating group) is 1. The van der Waals surface area contributed by atoms with Crippen LogP contribution in [0.2, 0.25) is 0 Å². The lowest BCUT2D eigenvalue weighted by molar-refractivity contribution is -0.132. The third-order valence-corrected chi connectivity index (χ3v) is 3.77. The van der Waals surface area contributed by atoms with Gasteiger partial charge in [-0.05, 0) is 37.2 Å². The van der Waals surface area contributed by atoms with Crippen molar-refractivity contribution in [3.63, 3.8) is 0 Å². The quantitative estimate of drug-likeness (QED) is 0.747. The fourth-order valence-corrected chi connectivity index (χ4v) is 2.58. The molecule has 0 saturated heterocycles. The van der Waals surface area contributed by atoms with E-state index in [-0.39, 0.29) is 11.7 Å².